The molecule has 0 radical (unpaired) electrons. The normalized spacial score (nSPS) is 10.6. The fourth-order valence-corrected chi connectivity index (χ4v) is 3.86. The quantitative estimate of drug-likeness (QED) is 0.344. The number of hydrogen-bond donors (Lipinski definition) is 3. The Morgan fingerprint density at radius 3 is 2.84 bits per heavy atom. The molecule has 0 bridgehead atoms. The summed E-state index contributed by atoms with van der Waals surface area (Å²) in [5.74, 6) is 0.438. The van der Waals surface area contributed by atoms with Crippen molar-refractivity contribution in [3.63, 3.8) is 0 Å². The standard InChI is InChI=1S/C22H19IN6O2/c1-14-4-2-6-18(23)20(14)28-22(31)26-11-15-7-9-25-19(10-15)29-21(30)17(13-27-29)16-5-3-8-24-12-16/h2-10,12-13,27H,11H2,1H3,(H2,26,28,31). The average Bonchev–Trinajstić information content (AvgIpc) is 3.17. The minimum Gasteiger partial charge on any atom is -0.334 e. The minimum absolute atomic E-state index is 0.225. The van der Waals surface area contributed by atoms with Crippen molar-refractivity contribution in [3.8, 4) is 16.9 Å². The summed E-state index contributed by atoms with van der Waals surface area (Å²) in [5.41, 5.74) is 3.59. The number of aromatic nitrogens is 4. The molecule has 3 aromatic heterocycles. The lowest BCUT2D eigenvalue weighted by Gasteiger charge is -2.12. The molecule has 31 heavy (non-hydrogen) atoms. The van der Waals surface area contributed by atoms with Crippen molar-refractivity contribution in [1.82, 2.24) is 25.1 Å². The summed E-state index contributed by atoms with van der Waals surface area (Å²) in [6.45, 7) is 2.23. The Kier molecular flexibility index (Phi) is 6.12. The van der Waals surface area contributed by atoms with Crippen molar-refractivity contribution in [3.05, 3.63) is 92.3 Å². The van der Waals surface area contributed by atoms with Crippen LogP contribution >= 0.6 is 22.6 Å². The Balaban J connectivity index is 1.48. The van der Waals surface area contributed by atoms with E-state index < -0.39 is 0 Å². The van der Waals surface area contributed by atoms with Gasteiger partial charge in [0.05, 0.1) is 11.3 Å². The molecule has 4 rings (SSSR count). The third-order valence-electron chi connectivity index (χ3n) is 4.70. The Labute approximate surface area is 191 Å². The molecule has 156 valence electrons. The van der Waals surface area contributed by atoms with Crippen LogP contribution < -0.4 is 16.2 Å². The van der Waals surface area contributed by atoms with Gasteiger partial charge in [0, 0.05) is 40.5 Å². The summed E-state index contributed by atoms with van der Waals surface area (Å²) >= 11 is 2.19. The number of hydrogen-bond acceptors (Lipinski definition) is 4. The summed E-state index contributed by atoms with van der Waals surface area (Å²) in [7, 11) is 0. The van der Waals surface area contributed by atoms with Gasteiger partial charge in [-0.1, -0.05) is 18.2 Å². The summed E-state index contributed by atoms with van der Waals surface area (Å²) in [6, 6.07) is 12.7. The Morgan fingerprint density at radius 1 is 1.19 bits per heavy atom. The molecule has 0 spiro atoms. The maximum absolute atomic E-state index is 12.8. The van der Waals surface area contributed by atoms with Gasteiger partial charge in [-0.15, -0.1) is 0 Å². The highest BCUT2D eigenvalue weighted by atomic mass is 127. The Hall–Kier alpha value is -3.47. The highest BCUT2D eigenvalue weighted by Crippen LogP contribution is 2.22. The maximum atomic E-state index is 12.8. The number of pyridine rings is 2. The number of benzene rings is 1. The molecule has 0 aliphatic heterocycles. The van der Waals surface area contributed by atoms with Gasteiger partial charge in [0.2, 0.25) is 0 Å². The Morgan fingerprint density at radius 2 is 2.06 bits per heavy atom. The van der Waals surface area contributed by atoms with E-state index in [0.29, 0.717) is 11.4 Å². The molecule has 1 aromatic carbocycles. The second kappa shape index (κ2) is 9.13. The molecule has 0 saturated carbocycles. The first-order valence-electron chi connectivity index (χ1n) is 9.49. The van der Waals surface area contributed by atoms with E-state index in [-0.39, 0.29) is 18.1 Å². The van der Waals surface area contributed by atoms with E-state index in [2.05, 4.69) is 48.3 Å². The van der Waals surface area contributed by atoms with Crippen LogP contribution in [0.25, 0.3) is 16.9 Å². The molecule has 0 fully saturated rings. The third kappa shape index (κ3) is 4.66. The van der Waals surface area contributed by atoms with Crippen LogP contribution in [0.4, 0.5) is 10.5 Å². The van der Waals surface area contributed by atoms with Crippen molar-refractivity contribution in [2.45, 2.75) is 13.5 Å². The van der Waals surface area contributed by atoms with E-state index in [9.17, 15) is 9.59 Å². The first-order valence-corrected chi connectivity index (χ1v) is 10.6. The number of aryl methyl sites for hydroxylation is 1. The molecule has 3 N–H and O–H groups in total. The van der Waals surface area contributed by atoms with Gasteiger partial charge in [0.15, 0.2) is 5.82 Å². The first kappa shape index (κ1) is 20.8. The van der Waals surface area contributed by atoms with E-state index >= 15 is 0 Å². The van der Waals surface area contributed by atoms with Gasteiger partial charge in [0.1, 0.15) is 0 Å². The number of H-pyrrole nitrogens is 1. The predicted octanol–water partition coefficient (Wildman–Crippen LogP) is 3.86. The number of carbonyl (C=O) groups is 1. The SMILES string of the molecule is Cc1cccc(I)c1NC(=O)NCc1ccnc(-n2[nH]cc(-c3cccnc3)c2=O)c1. The molecule has 4 aromatic rings. The number of nitrogens with zero attached hydrogens (tertiary/aromatic N) is 3. The number of amides is 2. The van der Waals surface area contributed by atoms with Crippen LogP contribution in [-0.2, 0) is 6.54 Å². The van der Waals surface area contributed by atoms with Gasteiger partial charge in [-0.05, 0) is 64.9 Å². The van der Waals surface area contributed by atoms with Crippen molar-refractivity contribution in [2.24, 2.45) is 0 Å². The molecule has 2 amide bonds. The summed E-state index contributed by atoms with van der Waals surface area (Å²) < 4.78 is 2.33. The van der Waals surface area contributed by atoms with Crippen molar-refractivity contribution in [2.75, 3.05) is 5.32 Å². The zero-order valence-corrected chi connectivity index (χ0v) is 18.8. The van der Waals surface area contributed by atoms with Gasteiger partial charge in [-0.3, -0.25) is 14.9 Å². The Bertz CT molecular complexity index is 1260. The number of halogens is 1. The maximum Gasteiger partial charge on any atom is 0.319 e. The first-order chi connectivity index (χ1) is 15.0. The van der Waals surface area contributed by atoms with Crippen LogP contribution in [0.5, 0.6) is 0 Å². The number of nitrogens with one attached hydrogen (secondary N) is 3. The van der Waals surface area contributed by atoms with E-state index in [1.807, 2.05) is 31.2 Å². The van der Waals surface area contributed by atoms with Gasteiger partial charge >= 0.3 is 6.03 Å². The lowest BCUT2D eigenvalue weighted by molar-refractivity contribution is 0.251. The smallest absolute Gasteiger partial charge is 0.319 e. The number of carbonyl (C=O) groups excluding carboxylic acids is 1. The summed E-state index contributed by atoms with van der Waals surface area (Å²) in [4.78, 5) is 33.5. The van der Waals surface area contributed by atoms with Gasteiger partial charge in [-0.25, -0.2) is 14.5 Å². The summed E-state index contributed by atoms with van der Waals surface area (Å²) in [6.07, 6.45) is 6.52. The van der Waals surface area contributed by atoms with Crippen molar-refractivity contribution in [1.29, 1.82) is 0 Å². The van der Waals surface area contributed by atoms with Crippen LogP contribution in [0.2, 0.25) is 0 Å². The molecule has 9 heteroatoms. The number of anilines is 1. The predicted molar refractivity (Wildman–Crippen MR) is 127 cm³/mol. The molecule has 0 unspecified atom stereocenters. The lowest BCUT2D eigenvalue weighted by Crippen LogP contribution is -2.29. The fourth-order valence-electron chi connectivity index (χ4n) is 3.09. The van der Waals surface area contributed by atoms with E-state index in [1.165, 1.54) is 4.68 Å². The highest BCUT2D eigenvalue weighted by Gasteiger charge is 2.12. The fraction of sp³-hybridized carbons (Fsp3) is 0.0909. The van der Waals surface area contributed by atoms with E-state index in [0.717, 1.165) is 25.9 Å². The number of aromatic amines is 1. The second-order valence-electron chi connectivity index (χ2n) is 6.83. The van der Waals surface area contributed by atoms with Crippen LogP contribution in [-0.4, -0.2) is 25.8 Å². The molecule has 3 heterocycles. The molecule has 0 aliphatic rings. The second-order valence-corrected chi connectivity index (χ2v) is 7.99. The van der Waals surface area contributed by atoms with Crippen LogP contribution in [0, 0.1) is 10.5 Å². The van der Waals surface area contributed by atoms with Gasteiger partial charge in [-0.2, -0.15) is 0 Å². The zero-order chi connectivity index (χ0) is 21.8. The van der Waals surface area contributed by atoms with Crippen LogP contribution in [0.3, 0.4) is 0 Å². The molecular formula is C22H19IN6O2. The third-order valence-corrected chi connectivity index (χ3v) is 5.60. The topological polar surface area (TPSA) is 105 Å². The van der Waals surface area contributed by atoms with E-state index in [1.54, 1.807) is 43.0 Å². The van der Waals surface area contributed by atoms with Gasteiger partial charge < -0.3 is 10.6 Å². The molecule has 0 atom stereocenters. The number of urea groups is 1. The monoisotopic (exact) mass is 526 g/mol. The van der Waals surface area contributed by atoms with Crippen molar-refractivity contribution < 1.29 is 4.79 Å². The lowest BCUT2D eigenvalue weighted by atomic mass is 10.2. The molecule has 0 saturated heterocycles. The number of rotatable bonds is 5. The zero-order valence-electron chi connectivity index (χ0n) is 16.6. The van der Waals surface area contributed by atoms with E-state index in [4.69, 9.17) is 0 Å². The number of para-hydroxylation sites is 1. The molecular weight excluding hydrogens is 507 g/mol. The average molecular weight is 526 g/mol. The highest BCUT2D eigenvalue weighted by molar-refractivity contribution is 14.1. The molecule has 8 nitrogen and oxygen atoms in total. The van der Waals surface area contributed by atoms with Crippen LogP contribution in [0.15, 0.2) is 72.0 Å². The van der Waals surface area contributed by atoms with Gasteiger partial charge in [0.25, 0.3) is 5.56 Å². The molecule has 0 aliphatic carbocycles. The largest absolute Gasteiger partial charge is 0.334 e. The van der Waals surface area contributed by atoms with Crippen LogP contribution in [0.1, 0.15) is 11.1 Å². The van der Waals surface area contributed by atoms with Crippen molar-refractivity contribution >= 4 is 34.3 Å². The summed E-state index contributed by atoms with van der Waals surface area (Å²) in [5, 5.41) is 8.66. The minimum atomic E-state index is -0.304.